The molecule has 138 valence electrons. The number of amides is 1. The van der Waals surface area contributed by atoms with E-state index in [1.807, 2.05) is 0 Å². The smallest absolute Gasteiger partial charge is 0.416 e. The van der Waals surface area contributed by atoms with Crippen LogP contribution in [0.1, 0.15) is 29.2 Å². The molecular weight excluding hydrogens is 351 g/mol. The molecule has 0 spiro atoms. The van der Waals surface area contributed by atoms with Crippen LogP contribution in [0.5, 0.6) is 0 Å². The molecule has 0 aliphatic heterocycles. The molecule has 0 fully saturated rings. The average molecular weight is 367 g/mol. The molecule has 0 aliphatic rings. The van der Waals surface area contributed by atoms with Crippen LogP contribution in [0.2, 0.25) is 0 Å². The monoisotopic (exact) mass is 367 g/mol. The first-order valence-corrected chi connectivity index (χ1v) is 7.62. The fourth-order valence-corrected chi connectivity index (χ4v) is 2.38. The van der Waals surface area contributed by atoms with E-state index < -0.39 is 36.3 Å². The lowest BCUT2D eigenvalue weighted by atomic mass is 9.97. The van der Waals surface area contributed by atoms with Crippen molar-refractivity contribution in [2.24, 2.45) is 0 Å². The highest BCUT2D eigenvalue weighted by Crippen LogP contribution is 2.35. The topological polar surface area (TPSA) is 75.6 Å². The van der Waals surface area contributed by atoms with Crippen molar-refractivity contribution in [2.75, 3.05) is 0 Å². The fourth-order valence-electron chi connectivity index (χ4n) is 2.38. The number of hydrogen-bond acceptors (Lipinski definition) is 3. The Morgan fingerprint density at radius 1 is 1.04 bits per heavy atom. The first-order chi connectivity index (χ1) is 12.3. The Balaban J connectivity index is 2.15. The van der Waals surface area contributed by atoms with Gasteiger partial charge in [0.2, 0.25) is 0 Å². The lowest BCUT2D eigenvalue weighted by molar-refractivity contribution is -0.140. The molecule has 0 saturated heterocycles. The van der Waals surface area contributed by atoms with E-state index in [1.54, 1.807) is 30.3 Å². The zero-order chi connectivity index (χ0) is 19.2. The van der Waals surface area contributed by atoms with Crippen molar-refractivity contribution in [3.8, 4) is 0 Å². The molecule has 0 saturated carbocycles. The summed E-state index contributed by atoms with van der Waals surface area (Å²) in [7, 11) is 0. The number of ether oxygens (including phenoxy) is 1. The highest BCUT2D eigenvalue weighted by molar-refractivity contribution is 5.72. The van der Waals surface area contributed by atoms with Crippen LogP contribution in [-0.4, -0.2) is 17.2 Å². The van der Waals surface area contributed by atoms with E-state index in [4.69, 9.17) is 9.84 Å². The molecule has 8 heteroatoms. The largest absolute Gasteiger partial charge is 0.481 e. The number of carboxylic acid groups (broad SMARTS) is 1. The van der Waals surface area contributed by atoms with Crippen molar-refractivity contribution in [2.45, 2.75) is 25.2 Å². The number of carbonyl (C=O) groups is 2. The van der Waals surface area contributed by atoms with Gasteiger partial charge in [-0.1, -0.05) is 48.5 Å². The summed E-state index contributed by atoms with van der Waals surface area (Å²) in [6.07, 6.45) is -6.40. The molecule has 2 aromatic carbocycles. The molecule has 0 unspecified atom stereocenters. The lowest BCUT2D eigenvalue weighted by Crippen LogP contribution is -2.32. The summed E-state index contributed by atoms with van der Waals surface area (Å²) in [4.78, 5) is 23.0. The van der Waals surface area contributed by atoms with Gasteiger partial charge in [0.15, 0.2) is 0 Å². The number of rotatable bonds is 6. The predicted octanol–water partition coefficient (Wildman–Crippen LogP) is 4.15. The Hall–Kier alpha value is -3.03. The normalized spacial score (nSPS) is 12.3. The van der Waals surface area contributed by atoms with Gasteiger partial charge in [0.05, 0.1) is 18.0 Å². The minimum atomic E-state index is -4.68. The molecular formula is C18H16F3NO4. The third-order valence-corrected chi connectivity index (χ3v) is 3.53. The Morgan fingerprint density at radius 2 is 1.65 bits per heavy atom. The number of hydrogen-bond donors (Lipinski definition) is 2. The quantitative estimate of drug-likeness (QED) is 0.804. The molecule has 2 aromatic rings. The molecule has 2 rings (SSSR count). The molecule has 0 aliphatic carbocycles. The van der Waals surface area contributed by atoms with Crippen LogP contribution < -0.4 is 5.32 Å². The van der Waals surface area contributed by atoms with Crippen molar-refractivity contribution in [3.63, 3.8) is 0 Å². The summed E-state index contributed by atoms with van der Waals surface area (Å²) in [6.45, 7) is -0.0899. The van der Waals surface area contributed by atoms with Gasteiger partial charge >= 0.3 is 18.2 Å². The first kappa shape index (κ1) is 19.3. The molecule has 2 N–H and O–H groups in total. The number of carbonyl (C=O) groups excluding carboxylic acids is 1. The molecule has 0 aromatic heterocycles. The van der Waals surface area contributed by atoms with Crippen LogP contribution in [0.3, 0.4) is 0 Å². The molecule has 1 amide bonds. The van der Waals surface area contributed by atoms with E-state index >= 15 is 0 Å². The molecule has 1 atom stereocenters. The number of nitrogens with one attached hydrogen (secondary N) is 1. The summed E-state index contributed by atoms with van der Waals surface area (Å²) in [5, 5.41) is 11.2. The Morgan fingerprint density at radius 3 is 2.27 bits per heavy atom. The zero-order valence-electron chi connectivity index (χ0n) is 13.5. The zero-order valence-corrected chi connectivity index (χ0v) is 13.5. The summed E-state index contributed by atoms with van der Waals surface area (Å²) in [5.41, 5.74) is -0.651. The van der Waals surface area contributed by atoms with Gasteiger partial charge in [-0.3, -0.25) is 4.79 Å². The summed E-state index contributed by atoms with van der Waals surface area (Å²) < 4.78 is 44.4. The van der Waals surface area contributed by atoms with Crippen LogP contribution in [0.4, 0.5) is 18.0 Å². The SMILES string of the molecule is O=C(O)C[C@@H](NC(=O)OCc1ccccc1)c1ccccc1C(F)(F)F. The van der Waals surface area contributed by atoms with E-state index in [0.717, 1.165) is 12.1 Å². The highest BCUT2D eigenvalue weighted by Gasteiger charge is 2.36. The van der Waals surface area contributed by atoms with Crippen molar-refractivity contribution < 1.29 is 32.6 Å². The number of aliphatic carboxylic acids is 1. The second-order valence-electron chi connectivity index (χ2n) is 5.44. The molecule has 26 heavy (non-hydrogen) atoms. The third kappa shape index (κ3) is 5.51. The maximum absolute atomic E-state index is 13.2. The van der Waals surface area contributed by atoms with E-state index in [1.165, 1.54) is 12.1 Å². The molecule has 0 bridgehead atoms. The molecule has 5 nitrogen and oxygen atoms in total. The standard InChI is InChI=1S/C18H16F3NO4/c19-18(20,21)14-9-5-4-8-13(14)15(10-16(23)24)22-17(25)26-11-12-6-2-1-3-7-12/h1-9,15H,10-11H2,(H,22,25)(H,23,24)/t15-/m1/s1. The van der Waals surface area contributed by atoms with E-state index in [0.29, 0.717) is 5.56 Å². The van der Waals surface area contributed by atoms with Gasteiger partial charge in [-0.05, 0) is 17.2 Å². The minimum Gasteiger partial charge on any atom is -0.481 e. The second-order valence-corrected chi connectivity index (χ2v) is 5.44. The minimum absolute atomic E-state index is 0.0899. The van der Waals surface area contributed by atoms with Gasteiger partial charge in [-0.2, -0.15) is 13.2 Å². The van der Waals surface area contributed by atoms with Gasteiger partial charge in [0, 0.05) is 0 Å². The van der Waals surface area contributed by atoms with Crippen molar-refractivity contribution in [3.05, 3.63) is 71.3 Å². The van der Waals surface area contributed by atoms with Crippen LogP contribution in [0.25, 0.3) is 0 Å². The van der Waals surface area contributed by atoms with E-state index in [9.17, 15) is 22.8 Å². The number of benzene rings is 2. The molecule has 0 heterocycles. The Labute approximate surface area is 147 Å². The van der Waals surface area contributed by atoms with Gasteiger partial charge < -0.3 is 15.2 Å². The lowest BCUT2D eigenvalue weighted by Gasteiger charge is -2.21. The Kier molecular flexibility index (Phi) is 6.21. The van der Waals surface area contributed by atoms with Gasteiger partial charge in [-0.15, -0.1) is 0 Å². The van der Waals surface area contributed by atoms with E-state index in [2.05, 4.69) is 5.32 Å². The van der Waals surface area contributed by atoms with E-state index in [-0.39, 0.29) is 12.2 Å². The fraction of sp³-hybridized carbons (Fsp3) is 0.222. The number of halogens is 3. The number of alkyl carbamates (subject to hydrolysis) is 1. The van der Waals surface area contributed by atoms with Crippen molar-refractivity contribution in [1.82, 2.24) is 5.32 Å². The number of alkyl halides is 3. The Bertz CT molecular complexity index is 763. The summed E-state index contributed by atoms with van der Waals surface area (Å²) in [5.74, 6) is -1.35. The summed E-state index contributed by atoms with van der Waals surface area (Å²) in [6, 6.07) is 11.8. The van der Waals surface area contributed by atoms with Crippen LogP contribution in [-0.2, 0) is 22.3 Å². The maximum atomic E-state index is 13.2. The van der Waals surface area contributed by atoms with Gasteiger partial charge in [0.25, 0.3) is 0 Å². The van der Waals surface area contributed by atoms with Gasteiger partial charge in [0.1, 0.15) is 6.61 Å². The second kappa shape index (κ2) is 8.37. The number of carboxylic acids is 1. The van der Waals surface area contributed by atoms with Crippen molar-refractivity contribution in [1.29, 1.82) is 0 Å². The van der Waals surface area contributed by atoms with Gasteiger partial charge in [-0.25, -0.2) is 4.79 Å². The maximum Gasteiger partial charge on any atom is 0.416 e. The highest BCUT2D eigenvalue weighted by atomic mass is 19.4. The summed E-state index contributed by atoms with van der Waals surface area (Å²) >= 11 is 0. The predicted molar refractivity (Wildman–Crippen MR) is 86.2 cm³/mol. The van der Waals surface area contributed by atoms with Crippen LogP contribution in [0, 0.1) is 0 Å². The third-order valence-electron chi connectivity index (χ3n) is 3.53. The van der Waals surface area contributed by atoms with Crippen LogP contribution in [0.15, 0.2) is 54.6 Å². The average Bonchev–Trinajstić information content (AvgIpc) is 2.59. The first-order valence-electron chi connectivity index (χ1n) is 7.62. The molecule has 0 radical (unpaired) electrons. The van der Waals surface area contributed by atoms with Crippen molar-refractivity contribution >= 4 is 12.1 Å². The van der Waals surface area contributed by atoms with Crippen LogP contribution >= 0.6 is 0 Å².